The Morgan fingerprint density at radius 1 is 1.00 bits per heavy atom. The Morgan fingerprint density at radius 3 is 1.96 bits per heavy atom. The molecule has 0 amide bonds. The monoisotopic (exact) mass is 359 g/mol. The molecule has 1 fully saturated rings. The molecular weight excluding hydrogens is 322 g/mol. The molecule has 1 aliphatic rings. The molecule has 0 aliphatic heterocycles. The van der Waals surface area contributed by atoms with Crippen LogP contribution in [0.1, 0.15) is 66.7 Å². The van der Waals surface area contributed by atoms with Crippen molar-refractivity contribution in [3.63, 3.8) is 0 Å². The molecular formula is C19H37NO5. The van der Waals surface area contributed by atoms with E-state index >= 15 is 0 Å². The number of rotatable bonds is 7. The molecule has 0 spiro atoms. The summed E-state index contributed by atoms with van der Waals surface area (Å²) in [4.78, 5) is 12.7. The highest BCUT2D eigenvalue weighted by Crippen LogP contribution is 2.32. The molecule has 5 N–H and O–H groups in total. The van der Waals surface area contributed by atoms with Crippen LogP contribution in [0.15, 0.2) is 0 Å². The summed E-state index contributed by atoms with van der Waals surface area (Å²) in [7, 11) is 0. The molecule has 0 aromatic carbocycles. The van der Waals surface area contributed by atoms with E-state index in [9.17, 15) is 20.1 Å². The Morgan fingerprint density at radius 2 is 1.52 bits per heavy atom. The fourth-order valence-corrected chi connectivity index (χ4v) is 3.52. The molecule has 1 saturated carbocycles. The fourth-order valence-electron chi connectivity index (χ4n) is 3.52. The zero-order chi connectivity index (χ0) is 19.4. The van der Waals surface area contributed by atoms with Crippen molar-refractivity contribution in [3.05, 3.63) is 0 Å². The van der Waals surface area contributed by atoms with E-state index in [0.29, 0.717) is 0 Å². The molecule has 5 atom stereocenters. The maximum Gasteiger partial charge on any atom is 0.313 e. The Bertz CT molecular complexity index is 415. The van der Waals surface area contributed by atoms with Gasteiger partial charge in [-0.05, 0) is 45.4 Å². The van der Waals surface area contributed by atoms with E-state index in [2.05, 4.69) is 0 Å². The number of carbonyl (C=O) groups is 1. The highest BCUT2D eigenvalue weighted by molar-refractivity contribution is 5.74. The van der Waals surface area contributed by atoms with Crippen LogP contribution in [0.4, 0.5) is 0 Å². The third-order valence-electron chi connectivity index (χ3n) is 5.04. The molecule has 6 heteroatoms. The SMILES string of the molecule is CC(C)C(O)C(O)C(O)[C@@H](C(=O)OC(C)(C)C)C(N)C1CCCCC1. The highest BCUT2D eigenvalue weighted by atomic mass is 16.6. The summed E-state index contributed by atoms with van der Waals surface area (Å²) in [5, 5.41) is 31.2. The smallest absolute Gasteiger partial charge is 0.313 e. The number of nitrogens with two attached hydrogens (primary N) is 1. The van der Waals surface area contributed by atoms with Gasteiger partial charge in [0.1, 0.15) is 17.6 Å². The van der Waals surface area contributed by atoms with Gasteiger partial charge in [-0.2, -0.15) is 0 Å². The number of hydrogen-bond acceptors (Lipinski definition) is 6. The van der Waals surface area contributed by atoms with Crippen molar-refractivity contribution in [1.29, 1.82) is 0 Å². The Labute approximate surface area is 151 Å². The van der Waals surface area contributed by atoms with Crippen molar-refractivity contribution in [2.24, 2.45) is 23.5 Å². The number of carbonyl (C=O) groups excluding carboxylic acids is 1. The van der Waals surface area contributed by atoms with Gasteiger partial charge in [0.05, 0.1) is 12.2 Å². The molecule has 0 aromatic heterocycles. The van der Waals surface area contributed by atoms with Crippen LogP contribution in [0.2, 0.25) is 0 Å². The summed E-state index contributed by atoms with van der Waals surface area (Å²) in [5.41, 5.74) is 5.65. The summed E-state index contributed by atoms with van der Waals surface area (Å²) in [5.74, 6) is -1.84. The van der Waals surface area contributed by atoms with Crippen molar-refractivity contribution in [2.45, 2.75) is 96.7 Å². The molecule has 0 bridgehead atoms. The normalized spacial score (nSPS) is 23.0. The third kappa shape index (κ3) is 6.51. The molecule has 4 unspecified atom stereocenters. The Balaban J connectivity index is 3.02. The second kappa shape index (κ2) is 9.31. The molecule has 0 radical (unpaired) electrons. The average Bonchev–Trinajstić information content (AvgIpc) is 2.52. The maximum atomic E-state index is 12.7. The lowest BCUT2D eigenvalue weighted by atomic mass is 9.75. The van der Waals surface area contributed by atoms with Crippen LogP contribution >= 0.6 is 0 Å². The van der Waals surface area contributed by atoms with Gasteiger partial charge in [-0.1, -0.05) is 33.1 Å². The molecule has 0 saturated heterocycles. The van der Waals surface area contributed by atoms with Gasteiger partial charge < -0.3 is 25.8 Å². The number of ether oxygens (including phenoxy) is 1. The van der Waals surface area contributed by atoms with E-state index in [0.717, 1.165) is 32.1 Å². The predicted molar refractivity (Wildman–Crippen MR) is 96.7 cm³/mol. The summed E-state index contributed by atoms with van der Waals surface area (Å²) in [6.07, 6.45) is 0.984. The van der Waals surface area contributed by atoms with Crippen LogP contribution in [0, 0.1) is 17.8 Å². The van der Waals surface area contributed by atoms with Crippen LogP contribution < -0.4 is 5.73 Å². The lowest BCUT2D eigenvalue weighted by Crippen LogP contribution is -2.55. The average molecular weight is 360 g/mol. The first-order valence-electron chi connectivity index (χ1n) is 9.48. The van der Waals surface area contributed by atoms with E-state index in [1.54, 1.807) is 34.6 Å². The number of aliphatic hydroxyl groups is 3. The third-order valence-corrected chi connectivity index (χ3v) is 5.04. The predicted octanol–water partition coefficient (Wildman–Crippen LogP) is 1.59. The van der Waals surface area contributed by atoms with Crippen LogP contribution in [-0.2, 0) is 9.53 Å². The molecule has 1 rings (SSSR count). The summed E-state index contributed by atoms with van der Waals surface area (Å²) in [6.45, 7) is 8.73. The number of aliphatic hydroxyl groups excluding tert-OH is 3. The first kappa shape index (κ1) is 22.4. The van der Waals surface area contributed by atoms with E-state index < -0.39 is 41.8 Å². The summed E-state index contributed by atoms with van der Waals surface area (Å²) < 4.78 is 5.45. The molecule has 148 valence electrons. The van der Waals surface area contributed by atoms with E-state index in [1.165, 1.54) is 0 Å². The fraction of sp³-hybridized carbons (Fsp3) is 0.947. The molecule has 0 heterocycles. The minimum absolute atomic E-state index is 0.101. The first-order valence-corrected chi connectivity index (χ1v) is 9.48. The maximum absolute atomic E-state index is 12.7. The van der Waals surface area contributed by atoms with E-state index in [1.807, 2.05) is 0 Å². The zero-order valence-corrected chi connectivity index (χ0v) is 16.3. The molecule has 25 heavy (non-hydrogen) atoms. The minimum Gasteiger partial charge on any atom is -0.460 e. The number of esters is 1. The first-order chi connectivity index (χ1) is 11.5. The van der Waals surface area contributed by atoms with Crippen molar-refractivity contribution < 1.29 is 24.9 Å². The van der Waals surface area contributed by atoms with E-state index in [-0.39, 0.29) is 11.8 Å². The van der Waals surface area contributed by atoms with E-state index in [4.69, 9.17) is 10.5 Å². The van der Waals surface area contributed by atoms with Crippen LogP contribution in [0.3, 0.4) is 0 Å². The largest absolute Gasteiger partial charge is 0.460 e. The molecule has 0 aromatic rings. The van der Waals surface area contributed by atoms with Gasteiger partial charge in [0.2, 0.25) is 0 Å². The quantitative estimate of drug-likeness (QED) is 0.514. The van der Waals surface area contributed by atoms with Gasteiger partial charge in [-0.3, -0.25) is 4.79 Å². The second-order valence-electron chi connectivity index (χ2n) is 8.75. The highest BCUT2D eigenvalue weighted by Gasteiger charge is 2.44. The lowest BCUT2D eigenvalue weighted by molar-refractivity contribution is -0.173. The molecule has 1 aliphatic carbocycles. The topological polar surface area (TPSA) is 113 Å². The Kier molecular flexibility index (Phi) is 8.32. The molecule has 6 nitrogen and oxygen atoms in total. The van der Waals surface area contributed by atoms with Crippen molar-refractivity contribution in [1.82, 2.24) is 0 Å². The van der Waals surface area contributed by atoms with Gasteiger partial charge in [-0.15, -0.1) is 0 Å². The lowest BCUT2D eigenvalue weighted by Gasteiger charge is -2.38. The zero-order valence-electron chi connectivity index (χ0n) is 16.3. The second-order valence-corrected chi connectivity index (χ2v) is 8.75. The van der Waals surface area contributed by atoms with Crippen LogP contribution in [-0.4, -0.2) is 51.2 Å². The standard InChI is InChI=1S/C19H37NO5/c1-11(2)15(21)17(23)16(22)13(18(24)25-19(3,4)5)14(20)12-9-7-6-8-10-12/h11-17,21-23H,6-10,20H2,1-5H3/t13-,14?,15?,16?,17?/m0/s1. The van der Waals surface area contributed by atoms with Crippen molar-refractivity contribution in [2.75, 3.05) is 0 Å². The van der Waals surface area contributed by atoms with Crippen LogP contribution in [0.25, 0.3) is 0 Å². The van der Waals surface area contributed by atoms with Gasteiger partial charge in [0.15, 0.2) is 0 Å². The Hall–Kier alpha value is -0.690. The van der Waals surface area contributed by atoms with Gasteiger partial charge in [0, 0.05) is 6.04 Å². The summed E-state index contributed by atoms with van der Waals surface area (Å²) in [6, 6.07) is -0.612. The van der Waals surface area contributed by atoms with Gasteiger partial charge in [0.25, 0.3) is 0 Å². The number of hydrogen-bond donors (Lipinski definition) is 4. The van der Waals surface area contributed by atoms with Crippen molar-refractivity contribution >= 4 is 5.97 Å². The minimum atomic E-state index is -1.47. The van der Waals surface area contributed by atoms with Gasteiger partial charge >= 0.3 is 5.97 Å². The van der Waals surface area contributed by atoms with Crippen molar-refractivity contribution in [3.8, 4) is 0 Å². The summed E-state index contributed by atoms with van der Waals surface area (Å²) >= 11 is 0. The van der Waals surface area contributed by atoms with Crippen LogP contribution in [0.5, 0.6) is 0 Å². The van der Waals surface area contributed by atoms with Gasteiger partial charge in [-0.25, -0.2) is 0 Å².